The summed E-state index contributed by atoms with van der Waals surface area (Å²) in [4.78, 5) is 17.2. The molecule has 0 saturated carbocycles. The van der Waals surface area contributed by atoms with Gasteiger partial charge in [0.1, 0.15) is 6.04 Å². The van der Waals surface area contributed by atoms with E-state index in [1.807, 2.05) is 0 Å². The first kappa shape index (κ1) is 14.8. The van der Waals surface area contributed by atoms with Crippen LogP contribution in [-0.4, -0.2) is 47.6 Å². The van der Waals surface area contributed by atoms with Crippen molar-refractivity contribution in [3.8, 4) is 0 Å². The van der Waals surface area contributed by atoms with Gasteiger partial charge in [-0.1, -0.05) is 0 Å². The van der Waals surface area contributed by atoms with Crippen LogP contribution in [0, 0.1) is 13.8 Å². The first-order valence-electron chi connectivity index (χ1n) is 6.32. The second kappa shape index (κ2) is 5.40. The molecule has 20 heavy (non-hydrogen) atoms. The molecule has 0 radical (unpaired) electrons. The summed E-state index contributed by atoms with van der Waals surface area (Å²) >= 11 is 0. The summed E-state index contributed by atoms with van der Waals surface area (Å²) in [5.74, 6) is -0.621. The highest BCUT2D eigenvalue weighted by molar-refractivity contribution is 5.94. The largest absolute Gasteiger partial charge is 0.410 e. The van der Waals surface area contributed by atoms with Crippen molar-refractivity contribution in [2.45, 2.75) is 26.1 Å². The van der Waals surface area contributed by atoms with Crippen LogP contribution in [-0.2, 0) is 0 Å². The lowest BCUT2D eigenvalue weighted by Crippen LogP contribution is -2.59. The number of alkyl halides is 3. The van der Waals surface area contributed by atoms with E-state index in [4.69, 9.17) is 0 Å². The van der Waals surface area contributed by atoms with Crippen molar-refractivity contribution in [1.29, 1.82) is 0 Å². The molecule has 0 spiro atoms. The molecule has 1 amide bonds. The predicted molar refractivity (Wildman–Crippen MR) is 67.5 cm³/mol. The maximum absolute atomic E-state index is 13.0. The number of carbonyl (C=O) groups excluding carboxylic acids is 1. The first-order valence-corrected chi connectivity index (χ1v) is 6.32. The molecule has 4 nitrogen and oxygen atoms in total. The van der Waals surface area contributed by atoms with Gasteiger partial charge in [-0.05, 0) is 25.5 Å². The van der Waals surface area contributed by atoms with Gasteiger partial charge in [0.25, 0.3) is 5.91 Å². The van der Waals surface area contributed by atoms with Crippen LogP contribution >= 0.6 is 0 Å². The van der Waals surface area contributed by atoms with Crippen molar-refractivity contribution in [3.05, 3.63) is 29.1 Å². The van der Waals surface area contributed by atoms with Crippen LogP contribution in [0.2, 0.25) is 0 Å². The summed E-state index contributed by atoms with van der Waals surface area (Å²) in [6.45, 7) is 3.69. The lowest BCUT2D eigenvalue weighted by atomic mass is 10.1. The number of amides is 1. The second-order valence-electron chi connectivity index (χ2n) is 4.89. The molecule has 1 aliphatic heterocycles. The SMILES string of the molecule is Cc1cc(C(=O)N2CCNCC2C(F)(F)F)cnc1C. The molecule has 2 rings (SSSR count). The molecule has 0 aromatic carbocycles. The van der Waals surface area contributed by atoms with Gasteiger partial charge < -0.3 is 10.2 Å². The molecule has 110 valence electrons. The van der Waals surface area contributed by atoms with Gasteiger partial charge in [-0.3, -0.25) is 9.78 Å². The normalized spacial score (nSPS) is 20.1. The summed E-state index contributed by atoms with van der Waals surface area (Å²) in [7, 11) is 0. The summed E-state index contributed by atoms with van der Waals surface area (Å²) in [6, 6.07) is -0.203. The predicted octanol–water partition coefficient (Wildman–Crippen LogP) is 1.67. The molecule has 2 heterocycles. The van der Waals surface area contributed by atoms with E-state index in [0.717, 1.165) is 16.2 Å². The highest BCUT2D eigenvalue weighted by Crippen LogP contribution is 2.27. The van der Waals surface area contributed by atoms with E-state index in [-0.39, 0.29) is 18.7 Å². The van der Waals surface area contributed by atoms with E-state index in [9.17, 15) is 18.0 Å². The monoisotopic (exact) mass is 287 g/mol. The van der Waals surface area contributed by atoms with Crippen LogP contribution in [0.1, 0.15) is 21.6 Å². The lowest BCUT2D eigenvalue weighted by Gasteiger charge is -2.37. The third kappa shape index (κ3) is 2.92. The van der Waals surface area contributed by atoms with Crippen LogP contribution < -0.4 is 5.32 Å². The van der Waals surface area contributed by atoms with Crippen molar-refractivity contribution in [2.24, 2.45) is 0 Å². The number of aryl methyl sites for hydroxylation is 2. The molecular formula is C13H16F3N3O. The van der Waals surface area contributed by atoms with Crippen molar-refractivity contribution in [3.63, 3.8) is 0 Å². The zero-order chi connectivity index (χ0) is 14.9. The molecule has 1 N–H and O–H groups in total. The molecule has 1 atom stereocenters. The van der Waals surface area contributed by atoms with Gasteiger partial charge in [-0.25, -0.2) is 0 Å². The fraction of sp³-hybridized carbons (Fsp3) is 0.538. The molecule has 1 unspecified atom stereocenters. The molecule has 1 saturated heterocycles. The quantitative estimate of drug-likeness (QED) is 0.854. The van der Waals surface area contributed by atoms with E-state index in [1.54, 1.807) is 19.9 Å². The Kier molecular flexibility index (Phi) is 3.99. The van der Waals surface area contributed by atoms with Crippen molar-refractivity contribution in [1.82, 2.24) is 15.2 Å². The Bertz CT molecular complexity index is 516. The Morgan fingerprint density at radius 3 is 2.75 bits per heavy atom. The standard InChI is InChI=1S/C13H16F3N3O/c1-8-5-10(6-18-9(8)2)12(20)19-4-3-17-7-11(19)13(14,15)16/h5-6,11,17H,3-4,7H2,1-2H3. The maximum Gasteiger partial charge on any atom is 0.410 e. The van der Waals surface area contributed by atoms with E-state index >= 15 is 0 Å². The average molecular weight is 287 g/mol. The van der Waals surface area contributed by atoms with Gasteiger partial charge >= 0.3 is 6.18 Å². The van der Waals surface area contributed by atoms with Crippen molar-refractivity contribution >= 4 is 5.91 Å². The van der Waals surface area contributed by atoms with E-state index < -0.39 is 18.1 Å². The minimum atomic E-state index is -4.43. The number of nitrogens with one attached hydrogen (secondary N) is 1. The van der Waals surface area contributed by atoms with E-state index in [2.05, 4.69) is 10.3 Å². The Hall–Kier alpha value is -1.63. The van der Waals surface area contributed by atoms with Gasteiger partial charge in [0, 0.05) is 31.5 Å². The number of aromatic nitrogens is 1. The fourth-order valence-corrected chi connectivity index (χ4v) is 2.17. The fourth-order valence-electron chi connectivity index (χ4n) is 2.17. The summed E-state index contributed by atoms with van der Waals surface area (Å²) in [6.07, 6.45) is -3.10. The van der Waals surface area contributed by atoms with Crippen LogP contribution in [0.4, 0.5) is 13.2 Å². The number of pyridine rings is 1. The molecule has 1 aromatic rings. The van der Waals surface area contributed by atoms with Gasteiger partial charge in [-0.15, -0.1) is 0 Å². The van der Waals surface area contributed by atoms with Crippen LogP contribution in [0.3, 0.4) is 0 Å². The second-order valence-corrected chi connectivity index (χ2v) is 4.89. The average Bonchev–Trinajstić information content (AvgIpc) is 2.40. The minimum Gasteiger partial charge on any atom is -0.324 e. The first-order chi connectivity index (χ1) is 9.30. The van der Waals surface area contributed by atoms with Gasteiger partial charge in [-0.2, -0.15) is 13.2 Å². The van der Waals surface area contributed by atoms with E-state index in [1.165, 1.54) is 6.20 Å². The molecule has 1 aromatic heterocycles. The van der Waals surface area contributed by atoms with Crippen LogP contribution in [0.25, 0.3) is 0 Å². The Labute approximate surface area is 115 Å². The van der Waals surface area contributed by atoms with Gasteiger partial charge in [0.05, 0.1) is 5.56 Å². The molecule has 0 aliphatic carbocycles. The summed E-state index contributed by atoms with van der Waals surface area (Å²) in [5, 5.41) is 2.67. The third-order valence-corrected chi connectivity index (χ3v) is 3.47. The number of hydrogen-bond donors (Lipinski definition) is 1. The zero-order valence-electron chi connectivity index (χ0n) is 11.3. The zero-order valence-corrected chi connectivity index (χ0v) is 11.3. The number of nitrogens with zero attached hydrogens (tertiary/aromatic N) is 2. The number of piperazine rings is 1. The number of rotatable bonds is 1. The summed E-state index contributed by atoms with van der Waals surface area (Å²) in [5.41, 5.74) is 1.74. The topological polar surface area (TPSA) is 45.2 Å². The lowest BCUT2D eigenvalue weighted by molar-refractivity contribution is -0.179. The van der Waals surface area contributed by atoms with Gasteiger partial charge in [0.2, 0.25) is 0 Å². The van der Waals surface area contributed by atoms with E-state index in [0.29, 0.717) is 6.54 Å². The maximum atomic E-state index is 13.0. The Balaban J connectivity index is 2.27. The van der Waals surface area contributed by atoms with Gasteiger partial charge in [0.15, 0.2) is 0 Å². The highest BCUT2D eigenvalue weighted by atomic mass is 19.4. The number of hydrogen-bond acceptors (Lipinski definition) is 3. The molecule has 7 heteroatoms. The third-order valence-electron chi connectivity index (χ3n) is 3.47. The minimum absolute atomic E-state index is 0.0376. The van der Waals surface area contributed by atoms with Crippen LogP contribution in [0.5, 0.6) is 0 Å². The Morgan fingerprint density at radius 2 is 2.15 bits per heavy atom. The smallest absolute Gasteiger partial charge is 0.324 e. The Morgan fingerprint density at radius 1 is 1.45 bits per heavy atom. The number of carbonyl (C=O) groups is 1. The number of halogens is 3. The summed E-state index contributed by atoms with van der Waals surface area (Å²) < 4.78 is 38.9. The van der Waals surface area contributed by atoms with Crippen molar-refractivity contribution in [2.75, 3.05) is 19.6 Å². The molecular weight excluding hydrogens is 271 g/mol. The van der Waals surface area contributed by atoms with Crippen molar-refractivity contribution < 1.29 is 18.0 Å². The molecule has 0 bridgehead atoms. The van der Waals surface area contributed by atoms with Crippen LogP contribution in [0.15, 0.2) is 12.3 Å². The highest BCUT2D eigenvalue weighted by Gasteiger charge is 2.46. The molecule has 1 fully saturated rings. The molecule has 1 aliphatic rings.